The highest BCUT2D eigenvalue weighted by molar-refractivity contribution is 7.09. The van der Waals surface area contributed by atoms with Crippen LogP contribution in [0.1, 0.15) is 16.5 Å². The summed E-state index contributed by atoms with van der Waals surface area (Å²) in [6, 6.07) is 12.7. The number of halogens is 1. The number of para-hydroxylation sites is 1. The minimum Gasteiger partial charge on any atom is -0.305 e. The quantitative estimate of drug-likeness (QED) is 0.490. The molecule has 0 radical (unpaired) electrons. The van der Waals surface area contributed by atoms with E-state index in [-0.39, 0.29) is 30.4 Å². The average Bonchev–Trinajstić information content (AvgIpc) is 3.15. The Labute approximate surface area is 176 Å². The first-order valence-electron chi connectivity index (χ1n) is 9.35. The van der Waals surface area contributed by atoms with Gasteiger partial charge in [0.15, 0.2) is 0 Å². The molecule has 0 aliphatic heterocycles. The minimum absolute atomic E-state index is 0.178. The lowest BCUT2D eigenvalue weighted by Gasteiger charge is -2.23. The molecule has 152 valence electrons. The lowest BCUT2D eigenvalue weighted by molar-refractivity contribution is -0.119. The van der Waals surface area contributed by atoms with Crippen LogP contribution in [0, 0.1) is 19.7 Å². The minimum atomic E-state index is -0.388. The zero-order valence-electron chi connectivity index (χ0n) is 16.5. The predicted octanol–water partition coefficient (Wildman–Crippen LogP) is 3.84. The molecule has 4 aromatic rings. The van der Waals surface area contributed by atoms with Gasteiger partial charge < -0.3 is 4.90 Å². The van der Waals surface area contributed by atoms with E-state index < -0.39 is 0 Å². The topological polar surface area (TPSA) is 68.1 Å². The monoisotopic (exact) mass is 422 g/mol. The first-order chi connectivity index (χ1) is 14.4. The number of fused-ring (bicyclic) bond motifs is 1. The molecule has 2 aromatic heterocycles. The maximum absolute atomic E-state index is 13.4. The third kappa shape index (κ3) is 3.99. The summed E-state index contributed by atoms with van der Waals surface area (Å²) >= 11 is 1.49. The Kier molecular flexibility index (Phi) is 5.41. The standard InChI is InChI=1S/C22H19FN4O2S/c1-14-24-20-6-4-3-5-19(20)22(29)26(14)12-21(28)27(11-17-13-30-15(2)25-17)18-9-7-16(23)8-10-18/h3-10,13H,11-12H2,1-2H3. The second-order valence-electron chi connectivity index (χ2n) is 6.88. The molecule has 1 amide bonds. The Morgan fingerprint density at radius 2 is 1.83 bits per heavy atom. The van der Waals surface area contributed by atoms with Crippen LogP contribution in [0.15, 0.2) is 58.7 Å². The van der Waals surface area contributed by atoms with Gasteiger partial charge in [-0.1, -0.05) is 12.1 Å². The van der Waals surface area contributed by atoms with Gasteiger partial charge >= 0.3 is 0 Å². The molecule has 4 rings (SSSR count). The SMILES string of the molecule is Cc1nc(CN(C(=O)Cn2c(C)nc3ccccc3c2=O)c2ccc(F)cc2)cs1. The van der Waals surface area contributed by atoms with Crippen molar-refractivity contribution in [1.29, 1.82) is 0 Å². The normalized spacial score (nSPS) is 11.0. The summed E-state index contributed by atoms with van der Waals surface area (Å²) in [5.74, 6) is -0.244. The van der Waals surface area contributed by atoms with Gasteiger partial charge in [0.2, 0.25) is 5.91 Å². The summed E-state index contributed by atoms with van der Waals surface area (Å²) in [7, 11) is 0. The number of carbonyl (C=O) groups is 1. The fraction of sp³-hybridized carbons (Fsp3) is 0.182. The van der Waals surface area contributed by atoms with E-state index in [0.29, 0.717) is 22.4 Å². The number of rotatable bonds is 5. The molecule has 0 aliphatic carbocycles. The molecule has 0 spiro atoms. The van der Waals surface area contributed by atoms with E-state index in [0.717, 1.165) is 10.7 Å². The Balaban J connectivity index is 1.70. The summed E-state index contributed by atoms with van der Waals surface area (Å²) < 4.78 is 14.8. The summed E-state index contributed by atoms with van der Waals surface area (Å²) in [6.45, 7) is 3.64. The molecule has 0 aliphatic rings. The molecule has 0 N–H and O–H groups in total. The van der Waals surface area contributed by atoms with Gasteiger partial charge in [0.05, 0.1) is 28.1 Å². The average molecular weight is 422 g/mol. The van der Waals surface area contributed by atoms with Crippen LogP contribution in [0.4, 0.5) is 10.1 Å². The van der Waals surface area contributed by atoms with Crippen molar-refractivity contribution >= 4 is 33.8 Å². The molecule has 0 fully saturated rings. The highest BCUT2D eigenvalue weighted by atomic mass is 32.1. The number of carbonyl (C=O) groups excluding carboxylic acids is 1. The second-order valence-corrected chi connectivity index (χ2v) is 7.94. The van der Waals surface area contributed by atoms with Gasteiger partial charge in [0.25, 0.3) is 5.56 Å². The molecule has 2 heterocycles. The van der Waals surface area contributed by atoms with Crippen molar-refractivity contribution in [2.75, 3.05) is 4.90 Å². The van der Waals surface area contributed by atoms with E-state index in [4.69, 9.17) is 0 Å². The van der Waals surface area contributed by atoms with Crippen LogP contribution in [-0.2, 0) is 17.9 Å². The van der Waals surface area contributed by atoms with Crippen molar-refractivity contribution < 1.29 is 9.18 Å². The zero-order valence-corrected chi connectivity index (χ0v) is 17.3. The third-order valence-electron chi connectivity index (χ3n) is 4.77. The first kappa shape index (κ1) is 19.9. The van der Waals surface area contributed by atoms with Crippen LogP contribution in [-0.4, -0.2) is 20.4 Å². The maximum Gasteiger partial charge on any atom is 0.261 e. The Morgan fingerprint density at radius 1 is 1.10 bits per heavy atom. The second kappa shape index (κ2) is 8.16. The highest BCUT2D eigenvalue weighted by Crippen LogP contribution is 2.20. The van der Waals surface area contributed by atoms with E-state index in [9.17, 15) is 14.0 Å². The Hall–Kier alpha value is -3.39. The van der Waals surface area contributed by atoms with Gasteiger partial charge in [-0.3, -0.25) is 14.2 Å². The van der Waals surface area contributed by atoms with Crippen molar-refractivity contribution in [2.24, 2.45) is 0 Å². The van der Waals surface area contributed by atoms with E-state index in [1.165, 1.54) is 32.9 Å². The zero-order chi connectivity index (χ0) is 21.3. The van der Waals surface area contributed by atoms with Gasteiger partial charge in [0, 0.05) is 11.1 Å². The van der Waals surface area contributed by atoms with Crippen molar-refractivity contribution in [1.82, 2.24) is 14.5 Å². The fourth-order valence-electron chi connectivity index (χ4n) is 3.27. The number of anilines is 1. The third-order valence-corrected chi connectivity index (χ3v) is 5.59. The molecular weight excluding hydrogens is 403 g/mol. The molecule has 30 heavy (non-hydrogen) atoms. The van der Waals surface area contributed by atoms with Gasteiger partial charge in [-0.15, -0.1) is 11.3 Å². The van der Waals surface area contributed by atoms with E-state index >= 15 is 0 Å². The number of benzene rings is 2. The Bertz CT molecular complexity index is 1280. The van der Waals surface area contributed by atoms with Crippen LogP contribution in [0.2, 0.25) is 0 Å². The number of amides is 1. The summed E-state index contributed by atoms with van der Waals surface area (Å²) in [6.07, 6.45) is 0. The number of aromatic nitrogens is 3. The van der Waals surface area contributed by atoms with Crippen molar-refractivity contribution in [3.05, 3.63) is 86.6 Å². The smallest absolute Gasteiger partial charge is 0.261 e. The number of nitrogens with zero attached hydrogens (tertiary/aromatic N) is 4. The number of thiazole rings is 1. The van der Waals surface area contributed by atoms with Gasteiger partial charge in [-0.2, -0.15) is 0 Å². The van der Waals surface area contributed by atoms with Crippen molar-refractivity contribution in [2.45, 2.75) is 26.9 Å². The van der Waals surface area contributed by atoms with Crippen molar-refractivity contribution in [3.63, 3.8) is 0 Å². The molecule has 0 bridgehead atoms. The molecule has 0 unspecified atom stereocenters. The molecule has 0 saturated carbocycles. The summed E-state index contributed by atoms with van der Waals surface area (Å²) in [5, 5.41) is 3.23. The van der Waals surface area contributed by atoms with Gasteiger partial charge in [-0.25, -0.2) is 14.4 Å². The largest absolute Gasteiger partial charge is 0.305 e. The van der Waals surface area contributed by atoms with Crippen LogP contribution >= 0.6 is 11.3 Å². The predicted molar refractivity (Wildman–Crippen MR) is 115 cm³/mol. The summed E-state index contributed by atoms with van der Waals surface area (Å²) in [4.78, 5) is 36.6. The van der Waals surface area contributed by atoms with Crippen LogP contribution in [0.25, 0.3) is 10.9 Å². The van der Waals surface area contributed by atoms with Crippen LogP contribution in [0.5, 0.6) is 0 Å². The molecule has 8 heteroatoms. The molecule has 2 aromatic carbocycles. The molecule has 0 saturated heterocycles. The number of aryl methyl sites for hydroxylation is 2. The fourth-order valence-corrected chi connectivity index (χ4v) is 3.88. The lowest BCUT2D eigenvalue weighted by atomic mass is 10.2. The van der Waals surface area contributed by atoms with Crippen molar-refractivity contribution in [3.8, 4) is 0 Å². The first-order valence-corrected chi connectivity index (χ1v) is 10.2. The summed E-state index contributed by atoms with van der Waals surface area (Å²) in [5.41, 5.74) is 1.59. The van der Waals surface area contributed by atoms with Gasteiger partial charge in [-0.05, 0) is 50.2 Å². The molecule has 6 nitrogen and oxygen atoms in total. The van der Waals surface area contributed by atoms with E-state index in [1.54, 1.807) is 37.3 Å². The highest BCUT2D eigenvalue weighted by Gasteiger charge is 2.20. The molecule has 0 atom stereocenters. The Morgan fingerprint density at radius 3 is 2.53 bits per heavy atom. The van der Waals surface area contributed by atoms with E-state index in [2.05, 4.69) is 9.97 Å². The van der Waals surface area contributed by atoms with E-state index in [1.807, 2.05) is 18.4 Å². The van der Waals surface area contributed by atoms with Crippen LogP contribution in [0.3, 0.4) is 0 Å². The maximum atomic E-state index is 13.4. The van der Waals surface area contributed by atoms with Gasteiger partial charge in [0.1, 0.15) is 18.2 Å². The lowest BCUT2D eigenvalue weighted by Crippen LogP contribution is -2.37. The number of hydrogen-bond donors (Lipinski definition) is 0. The van der Waals surface area contributed by atoms with Crippen LogP contribution < -0.4 is 10.5 Å². The number of hydrogen-bond acceptors (Lipinski definition) is 5. The molecular formula is C22H19FN4O2S.